The Hall–Kier alpha value is -1.96. The molecule has 2 N–H and O–H groups in total. The fourth-order valence-electron chi connectivity index (χ4n) is 3.20. The molecule has 1 aliphatic rings. The van der Waals surface area contributed by atoms with E-state index in [2.05, 4.69) is 59.3 Å². The summed E-state index contributed by atoms with van der Waals surface area (Å²) in [5.74, 6) is 0.886. The Bertz CT molecular complexity index is 858. The number of rotatable bonds is 6. The number of aromatic amines is 1. The molecule has 0 bridgehead atoms. The van der Waals surface area contributed by atoms with Crippen LogP contribution in [0.1, 0.15) is 6.42 Å². The van der Waals surface area contributed by atoms with Crippen molar-refractivity contribution < 1.29 is 4.74 Å². The molecule has 136 valence electrons. The van der Waals surface area contributed by atoms with Gasteiger partial charge in [-0.1, -0.05) is 28.1 Å². The highest BCUT2D eigenvalue weighted by molar-refractivity contribution is 9.10. The van der Waals surface area contributed by atoms with Crippen molar-refractivity contribution in [1.29, 1.82) is 0 Å². The van der Waals surface area contributed by atoms with Crippen LogP contribution in [-0.2, 0) is 4.74 Å². The van der Waals surface area contributed by atoms with Crippen molar-refractivity contribution in [3.05, 3.63) is 41.1 Å². The number of aromatic nitrogens is 3. The minimum Gasteiger partial charge on any atom is -0.379 e. The topological polar surface area (TPSA) is 66.1 Å². The van der Waals surface area contributed by atoms with Crippen molar-refractivity contribution in [3.63, 3.8) is 0 Å². The molecule has 0 spiro atoms. The number of nitrogens with zero attached hydrogens (tertiary/aromatic N) is 3. The van der Waals surface area contributed by atoms with Gasteiger partial charge in [0, 0.05) is 29.8 Å². The molecule has 0 unspecified atom stereocenters. The van der Waals surface area contributed by atoms with Crippen LogP contribution in [0.4, 0.5) is 5.82 Å². The number of benzene rings is 1. The first-order chi connectivity index (χ1) is 12.8. The van der Waals surface area contributed by atoms with Gasteiger partial charge in [-0.3, -0.25) is 4.90 Å². The zero-order chi connectivity index (χ0) is 17.8. The van der Waals surface area contributed by atoms with Gasteiger partial charge in [0.15, 0.2) is 0 Å². The van der Waals surface area contributed by atoms with Crippen LogP contribution in [0.15, 0.2) is 41.1 Å². The summed E-state index contributed by atoms with van der Waals surface area (Å²) in [4.78, 5) is 14.6. The summed E-state index contributed by atoms with van der Waals surface area (Å²) in [7, 11) is 0. The standard InChI is InChI=1S/C19H22BrN5O/c20-15-4-2-14(3-5-15)17-12-16-18(22-13-23-19(16)24-17)21-6-1-7-25-8-10-26-11-9-25/h2-5,12-13H,1,6-11H2,(H2,21,22,23,24). The van der Waals surface area contributed by atoms with E-state index in [1.165, 1.54) is 0 Å². The molecule has 0 atom stereocenters. The number of H-pyrrole nitrogens is 1. The highest BCUT2D eigenvalue weighted by atomic mass is 79.9. The zero-order valence-electron chi connectivity index (χ0n) is 14.5. The fraction of sp³-hybridized carbons (Fsp3) is 0.368. The van der Waals surface area contributed by atoms with Crippen molar-refractivity contribution in [1.82, 2.24) is 19.9 Å². The molecule has 0 amide bonds. The maximum absolute atomic E-state index is 5.39. The average Bonchev–Trinajstić information content (AvgIpc) is 3.11. The monoisotopic (exact) mass is 415 g/mol. The summed E-state index contributed by atoms with van der Waals surface area (Å²) in [6, 6.07) is 10.4. The summed E-state index contributed by atoms with van der Waals surface area (Å²) >= 11 is 3.48. The van der Waals surface area contributed by atoms with E-state index in [0.29, 0.717) is 0 Å². The Balaban J connectivity index is 1.43. The van der Waals surface area contributed by atoms with E-state index >= 15 is 0 Å². The number of nitrogens with one attached hydrogen (secondary N) is 2. The molecule has 4 rings (SSSR count). The van der Waals surface area contributed by atoms with Gasteiger partial charge in [-0.25, -0.2) is 9.97 Å². The molecule has 7 heteroatoms. The molecule has 1 aromatic carbocycles. The third kappa shape index (κ3) is 4.06. The summed E-state index contributed by atoms with van der Waals surface area (Å²) in [6.07, 6.45) is 2.68. The lowest BCUT2D eigenvalue weighted by Crippen LogP contribution is -2.37. The minimum atomic E-state index is 0.849. The van der Waals surface area contributed by atoms with Gasteiger partial charge in [-0.05, 0) is 36.7 Å². The van der Waals surface area contributed by atoms with Crippen LogP contribution in [0, 0.1) is 0 Å². The maximum Gasteiger partial charge on any atom is 0.143 e. The minimum absolute atomic E-state index is 0.849. The summed E-state index contributed by atoms with van der Waals surface area (Å²) in [6.45, 7) is 5.74. The molecule has 0 radical (unpaired) electrons. The number of anilines is 1. The van der Waals surface area contributed by atoms with Gasteiger partial charge in [0.05, 0.1) is 18.6 Å². The smallest absolute Gasteiger partial charge is 0.143 e. The van der Waals surface area contributed by atoms with Crippen LogP contribution in [0.2, 0.25) is 0 Å². The Labute approximate surface area is 161 Å². The molecule has 1 saturated heterocycles. The number of morpholine rings is 1. The Morgan fingerprint density at radius 1 is 1.15 bits per heavy atom. The first-order valence-corrected chi connectivity index (χ1v) is 9.72. The fourth-order valence-corrected chi connectivity index (χ4v) is 3.46. The highest BCUT2D eigenvalue weighted by Crippen LogP contribution is 2.27. The number of hydrogen-bond acceptors (Lipinski definition) is 5. The van der Waals surface area contributed by atoms with Gasteiger partial charge in [0.1, 0.15) is 17.8 Å². The molecule has 0 aliphatic carbocycles. The Morgan fingerprint density at radius 3 is 2.77 bits per heavy atom. The second-order valence-electron chi connectivity index (χ2n) is 6.41. The third-order valence-electron chi connectivity index (χ3n) is 4.63. The molecular formula is C19H22BrN5O. The maximum atomic E-state index is 5.39. The van der Waals surface area contributed by atoms with E-state index in [1.807, 2.05) is 12.1 Å². The lowest BCUT2D eigenvalue weighted by Gasteiger charge is -2.26. The molecule has 2 aromatic heterocycles. The molecule has 3 heterocycles. The van der Waals surface area contributed by atoms with Gasteiger partial charge < -0.3 is 15.0 Å². The van der Waals surface area contributed by atoms with Gasteiger partial charge >= 0.3 is 0 Å². The van der Waals surface area contributed by atoms with Gasteiger partial charge in [0.2, 0.25) is 0 Å². The lowest BCUT2D eigenvalue weighted by atomic mass is 10.1. The number of halogens is 1. The quantitative estimate of drug-likeness (QED) is 0.602. The first kappa shape index (κ1) is 17.5. The Kier molecular flexibility index (Phi) is 5.48. The van der Waals surface area contributed by atoms with Crippen molar-refractivity contribution >= 4 is 32.8 Å². The molecule has 1 aliphatic heterocycles. The van der Waals surface area contributed by atoms with Crippen molar-refractivity contribution in [2.24, 2.45) is 0 Å². The van der Waals surface area contributed by atoms with Crippen molar-refractivity contribution in [2.45, 2.75) is 6.42 Å². The van der Waals surface area contributed by atoms with Crippen LogP contribution in [0.25, 0.3) is 22.3 Å². The predicted octanol–water partition coefficient (Wildman–Crippen LogP) is 3.52. The van der Waals surface area contributed by atoms with Gasteiger partial charge in [-0.2, -0.15) is 0 Å². The zero-order valence-corrected chi connectivity index (χ0v) is 16.1. The highest BCUT2D eigenvalue weighted by Gasteiger charge is 2.11. The van der Waals surface area contributed by atoms with Crippen LogP contribution in [0.5, 0.6) is 0 Å². The first-order valence-electron chi connectivity index (χ1n) is 8.93. The van der Waals surface area contributed by atoms with E-state index in [0.717, 1.165) is 78.4 Å². The average molecular weight is 416 g/mol. The third-order valence-corrected chi connectivity index (χ3v) is 5.16. The lowest BCUT2D eigenvalue weighted by molar-refractivity contribution is 0.0378. The number of hydrogen-bond donors (Lipinski definition) is 2. The summed E-state index contributed by atoms with van der Waals surface area (Å²) in [5, 5.41) is 4.49. The molecule has 26 heavy (non-hydrogen) atoms. The van der Waals surface area contributed by atoms with Gasteiger partial charge in [-0.15, -0.1) is 0 Å². The molecular weight excluding hydrogens is 394 g/mol. The SMILES string of the molecule is Brc1ccc(-c2cc3c(NCCCN4CCOCC4)ncnc3[nH]2)cc1. The molecule has 1 fully saturated rings. The van der Waals surface area contributed by atoms with Crippen molar-refractivity contribution in [3.8, 4) is 11.3 Å². The van der Waals surface area contributed by atoms with E-state index in [4.69, 9.17) is 4.74 Å². The van der Waals surface area contributed by atoms with Crippen LogP contribution < -0.4 is 5.32 Å². The van der Waals surface area contributed by atoms with Gasteiger partial charge in [0.25, 0.3) is 0 Å². The largest absolute Gasteiger partial charge is 0.379 e. The molecule has 3 aromatic rings. The Morgan fingerprint density at radius 2 is 1.96 bits per heavy atom. The van der Waals surface area contributed by atoms with E-state index in [-0.39, 0.29) is 0 Å². The summed E-state index contributed by atoms with van der Waals surface area (Å²) in [5.41, 5.74) is 3.03. The number of fused-ring (bicyclic) bond motifs is 1. The van der Waals surface area contributed by atoms with Crippen LogP contribution >= 0.6 is 15.9 Å². The predicted molar refractivity (Wildman–Crippen MR) is 107 cm³/mol. The molecule has 0 saturated carbocycles. The summed E-state index contributed by atoms with van der Waals surface area (Å²) < 4.78 is 6.46. The molecule has 6 nitrogen and oxygen atoms in total. The second-order valence-corrected chi connectivity index (χ2v) is 7.32. The van der Waals surface area contributed by atoms with E-state index < -0.39 is 0 Å². The van der Waals surface area contributed by atoms with Crippen LogP contribution in [-0.4, -0.2) is 59.2 Å². The van der Waals surface area contributed by atoms with E-state index in [1.54, 1.807) is 6.33 Å². The second kappa shape index (κ2) is 8.16. The van der Waals surface area contributed by atoms with Crippen LogP contribution in [0.3, 0.4) is 0 Å². The normalized spacial score (nSPS) is 15.4. The number of ether oxygens (including phenoxy) is 1. The van der Waals surface area contributed by atoms with Crippen molar-refractivity contribution in [2.75, 3.05) is 44.7 Å². The van der Waals surface area contributed by atoms with E-state index in [9.17, 15) is 0 Å².